The third kappa shape index (κ3) is 5.33. The second-order valence-corrected chi connectivity index (χ2v) is 10.3. The van der Waals surface area contributed by atoms with Gasteiger partial charge in [-0.3, -0.25) is 4.79 Å². The van der Waals surface area contributed by atoms with E-state index in [2.05, 4.69) is 86.0 Å². The van der Waals surface area contributed by atoms with E-state index in [1.807, 2.05) is 60.7 Å². The maximum atomic E-state index is 12.7. The van der Waals surface area contributed by atoms with E-state index in [-0.39, 0.29) is 5.91 Å². The molecule has 172 valence electrons. The Labute approximate surface area is 230 Å². The molecule has 0 fully saturated rings. The first kappa shape index (κ1) is 23.7. The number of hydrogen-bond acceptors (Lipinski definition) is 3. The van der Waals surface area contributed by atoms with E-state index in [0.29, 0.717) is 12.2 Å². The molecule has 5 rings (SSSR count). The number of rotatable bonds is 6. The van der Waals surface area contributed by atoms with Crippen molar-refractivity contribution < 1.29 is 9.53 Å². The van der Waals surface area contributed by atoms with Gasteiger partial charge < -0.3 is 4.74 Å². The van der Waals surface area contributed by atoms with Crippen LogP contribution in [0.15, 0.2) is 102 Å². The maximum absolute atomic E-state index is 12.7. The smallest absolute Gasteiger partial charge is 0.271 e. The lowest BCUT2D eigenvalue weighted by Crippen LogP contribution is -2.18. The Balaban J connectivity index is 1.29. The van der Waals surface area contributed by atoms with Crippen molar-refractivity contribution in [1.29, 1.82) is 0 Å². The van der Waals surface area contributed by atoms with Crippen LogP contribution in [0.5, 0.6) is 5.75 Å². The van der Waals surface area contributed by atoms with Gasteiger partial charge in [-0.1, -0.05) is 78.9 Å². The summed E-state index contributed by atoms with van der Waals surface area (Å²) >= 11 is 4.56. The molecule has 0 heterocycles. The summed E-state index contributed by atoms with van der Waals surface area (Å²) in [6, 6.07) is 32.1. The summed E-state index contributed by atoms with van der Waals surface area (Å²) in [5.74, 6) is 0.605. The van der Waals surface area contributed by atoms with E-state index >= 15 is 0 Å². The molecule has 5 aromatic carbocycles. The van der Waals surface area contributed by atoms with Gasteiger partial charge in [0.15, 0.2) is 0 Å². The third-order valence-electron chi connectivity index (χ3n) is 5.69. The first-order chi connectivity index (χ1) is 17.1. The second kappa shape index (κ2) is 10.7. The molecule has 0 aliphatic heterocycles. The van der Waals surface area contributed by atoms with Crippen LogP contribution >= 0.6 is 45.2 Å². The van der Waals surface area contributed by atoms with Crippen LogP contribution in [0.3, 0.4) is 0 Å². The van der Waals surface area contributed by atoms with Crippen LogP contribution in [0.2, 0.25) is 0 Å². The van der Waals surface area contributed by atoms with Gasteiger partial charge in [-0.05, 0) is 96.1 Å². The Hall–Kier alpha value is -2.98. The number of fused-ring (bicyclic) bond motifs is 2. The topological polar surface area (TPSA) is 50.7 Å². The lowest BCUT2D eigenvalue weighted by molar-refractivity contribution is 0.0957. The molecule has 0 spiro atoms. The van der Waals surface area contributed by atoms with Crippen LogP contribution < -0.4 is 10.2 Å². The number of ether oxygens (including phenoxy) is 1. The van der Waals surface area contributed by atoms with E-state index in [1.54, 1.807) is 12.3 Å². The molecule has 0 saturated carbocycles. The largest absolute Gasteiger partial charge is 0.487 e. The number of hydrogen-bond donors (Lipinski definition) is 1. The Bertz CT molecular complexity index is 1550. The van der Waals surface area contributed by atoms with Crippen molar-refractivity contribution in [3.63, 3.8) is 0 Å². The zero-order valence-electron chi connectivity index (χ0n) is 18.5. The van der Waals surface area contributed by atoms with Crippen LogP contribution in [0.1, 0.15) is 21.5 Å². The van der Waals surface area contributed by atoms with Crippen LogP contribution in [0, 0.1) is 7.14 Å². The molecule has 0 atom stereocenters. The zero-order valence-corrected chi connectivity index (χ0v) is 22.9. The normalized spacial score (nSPS) is 11.3. The first-order valence-corrected chi connectivity index (χ1v) is 13.2. The lowest BCUT2D eigenvalue weighted by atomic mass is 10.0. The molecular formula is C29H20I2N2O2. The number of amides is 1. The summed E-state index contributed by atoms with van der Waals surface area (Å²) in [5.41, 5.74) is 5.28. The molecule has 1 N–H and O–H groups in total. The molecular weight excluding hydrogens is 662 g/mol. The van der Waals surface area contributed by atoms with Gasteiger partial charge in [-0.25, -0.2) is 5.43 Å². The number of carbonyl (C=O) groups is 1. The van der Waals surface area contributed by atoms with E-state index < -0.39 is 0 Å². The highest BCUT2D eigenvalue weighted by Crippen LogP contribution is 2.30. The van der Waals surface area contributed by atoms with Gasteiger partial charge >= 0.3 is 0 Å². The van der Waals surface area contributed by atoms with Crippen molar-refractivity contribution in [3.8, 4) is 5.75 Å². The average molecular weight is 682 g/mol. The van der Waals surface area contributed by atoms with Crippen LogP contribution in [0.25, 0.3) is 21.5 Å². The molecule has 0 unspecified atom stereocenters. The number of nitrogens with one attached hydrogen (secondary N) is 1. The Kier molecular flexibility index (Phi) is 7.29. The highest BCUT2D eigenvalue weighted by atomic mass is 127. The Morgan fingerprint density at radius 1 is 0.800 bits per heavy atom. The van der Waals surface area contributed by atoms with Crippen molar-refractivity contribution in [3.05, 3.63) is 121 Å². The minimum Gasteiger partial charge on any atom is -0.487 e. The summed E-state index contributed by atoms with van der Waals surface area (Å²) in [4.78, 5) is 12.7. The zero-order chi connectivity index (χ0) is 24.2. The maximum Gasteiger partial charge on any atom is 0.271 e. The fourth-order valence-electron chi connectivity index (χ4n) is 4.01. The number of hydrazone groups is 1. The standard InChI is InChI=1S/C29H20I2N2O2/c30-26-15-19(17-32-33-29(34)25-14-6-10-21-8-2-4-13-24(21)25)16-27(31)28(26)35-18-22-11-5-9-20-7-1-3-12-23(20)22/h1-17H,18H2,(H,33,34). The minimum atomic E-state index is -0.238. The molecule has 0 radical (unpaired) electrons. The van der Waals surface area contributed by atoms with E-state index in [4.69, 9.17) is 4.74 Å². The van der Waals surface area contributed by atoms with Crippen molar-refractivity contribution >= 4 is 78.8 Å². The van der Waals surface area contributed by atoms with Gasteiger partial charge in [0.05, 0.1) is 13.4 Å². The molecule has 0 aliphatic rings. The summed E-state index contributed by atoms with van der Waals surface area (Å²) < 4.78 is 8.19. The second-order valence-electron chi connectivity index (χ2n) is 7.97. The quantitative estimate of drug-likeness (QED) is 0.114. The van der Waals surface area contributed by atoms with Gasteiger partial charge in [0.2, 0.25) is 0 Å². The van der Waals surface area contributed by atoms with Crippen LogP contribution in [-0.2, 0) is 6.61 Å². The molecule has 5 aromatic rings. The molecule has 0 aromatic heterocycles. The average Bonchev–Trinajstić information content (AvgIpc) is 2.88. The fraction of sp³-hybridized carbons (Fsp3) is 0.0345. The molecule has 0 aliphatic carbocycles. The number of carbonyl (C=O) groups excluding carboxylic acids is 1. The van der Waals surface area contributed by atoms with Crippen molar-refractivity contribution in [2.75, 3.05) is 0 Å². The summed E-state index contributed by atoms with van der Waals surface area (Å²) in [5, 5.41) is 8.52. The van der Waals surface area contributed by atoms with E-state index in [0.717, 1.165) is 34.8 Å². The lowest BCUT2D eigenvalue weighted by Gasteiger charge is -2.13. The van der Waals surface area contributed by atoms with Gasteiger partial charge in [-0.2, -0.15) is 5.10 Å². The molecule has 35 heavy (non-hydrogen) atoms. The van der Waals surface area contributed by atoms with Gasteiger partial charge in [-0.15, -0.1) is 0 Å². The van der Waals surface area contributed by atoms with Gasteiger partial charge in [0, 0.05) is 5.56 Å². The van der Waals surface area contributed by atoms with Gasteiger partial charge in [0.25, 0.3) is 5.91 Å². The van der Waals surface area contributed by atoms with Gasteiger partial charge in [0.1, 0.15) is 12.4 Å². The molecule has 4 nitrogen and oxygen atoms in total. The monoisotopic (exact) mass is 682 g/mol. The van der Waals surface area contributed by atoms with E-state index in [1.165, 1.54) is 10.8 Å². The third-order valence-corrected chi connectivity index (χ3v) is 7.29. The molecule has 6 heteroatoms. The molecule has 0 bridgehead atoms. The van der Waals surface area contributed by atoms with Crippen molar-refractivity contribution in [1.82, 2.24) is 5.43 Å². The fourth-order valence-corrected chi connectivity index (χ4v) is 6.14. The predicted molar refractivity (Wildman–Crippen MR) is 159 cm³/mol. The Morgan fingerprint density at radius 2 is 1.40 bits per heavy atom. The highest BCUT2D eigenvalue weighted by molar-refractivity contribution is 14.1. The number of benzene rings is 5. The summed E-state index contributed by atoms with van der Waals surface area (Å²) in [7, 11) is 0. The first-order valence-electron chi connectivity index (χ1n) is 11.0. The number of nitrogens with zero attached hydrogens (tertiary/aromatic N) is 1. The summed E-state index contributed by atoms with van der Waals surface area (Å²) in [6.45, 7) is 0.488. The van der Waals surface area contributed by atoms with Crippen molar-refractivity contribution in [2.24, 2.45) is 5.10 Å². The highest BCUT2D eigenvalue weighted by Gasteiger charge is 2.11. The SMILES string of the molecule is O=C(NN=Cc1cc(I)c(OCc2cccc3ccccc23)c(I)c1)c1cccc2ccccc12. The van der Waals surface area contributed by atoms with Crippen LogP contribution in [0.4, 0.5) is 0 Å². The number of halogens is 2. The molecule has 0 saturated heterocycles. The predicted octanol–water partition coefficient (Wildman–Crippen LogP) is 7.55. The van der Waals surface area contributed by atoms with E-state index in [9.17, 15) is 4.79 Å². The molecule has 1 amide bonds. The van der Waals surface area contributed by atoms with Crippen LogP contribution in [-0.4, -0.2) is 12.1 Å². The van der Waals surface area contributed by atoms with Crippen molar-refractivity contribution in [2.45, 2.75) is 6.61 Å². The summed E-state index contributed by atoms with van der Waals surface area (Å²) in [6.07, 6.45) is 1.65. The minimum absolute atomic E-state index is 0.238. The Morgan fingerprint density at radius 3 is 2.14 bits per heavy atom.